The normalized spacial score (nSPS) is 25.5. The van der Waals surface area contributed by atoms with Crippen LogP contribution in [0, 0.1) is 0 Å². The number of benzene rings is 1. The summed E-state index contributed by atoms with van der Waals surface area (Å²) in [6, 6.07) is 8.34. The van der Waals surface area contributed by atoms with Gasteiger partial charge >= 0.3 is 0 Å². The van der Waals surface area contributed by atoms with E-state index in [9.17, 15) is 8.42 Å². The third-order valence-electron chi connectivity index (χ3n) is 6.58. The molecule has 174 valence electrons. The Morgan fingerprint density at radius 2 is 2.00 bits per heavy atom. The highest BCUT2D eigenvalue weighted by Crippen LogP contribution is 2.46. The van der Waals surface area contributed by atoms with Gasteiger partial charge in [-0.05, 0) is 51.5 Å². The van der Waals surface area contributed by atoms with Crippen molar-refractivity contribution in [1.29, 1.82) is 0 Å². The van der Waals surface area contributed by atoms with Crippen molar-refractivity contribution >= 4 is 40.0 Å². The van der Waals surface area contributed by atoms with E-state index in [1.54, 1.807) is 4.31 Å². The van der Waals surface area contributed by atoms with E-state index in [0.29, 0.717) is 13.1 Å². The summed E-state index contributed by atoms with van der Waals surface area (Å²) >= 11 is 0. The van der Waals surface area contributed by atoms with E-state index in [2.05, 4.69) is 28.8 Å². The molecular formula is C22H35IN4O3S. The first kappa shape index (κ1) is 24.6. The summed E-state index contributed by atoms with van der Waals surface area (Å²) in [6.07, 6.45) is 8.59. The zero-order valence-corrected chi connectivity index (χ0v) is 21.6. The first-order chi connectivity index (χ1) is 14.4. The molecule has 0 radical (unpaired) electrons. The van der Waals surface area contributed by atoms with E-state index in [4.69, 9.17) is 9.73 Å². The number of aliphatic imine (C=N–C) groups is 1. The highest BCUT2D eigenvalue weighted by Gasteiger charge is 2.43. The lowest BCUT2D eigenvalue weighted by molar-refractivity contribution is 0.0396. The number of nitrogens with zero attached hydrogens (tertiary/aromatic N) is 2. The van der Waals surface area contributed by atoms with Crippen molar-refractivity contribution in [3.05, 3.63) is 29.8 Å². The van der Waals surface area contributed by atoms with Crippen LogP contribution in [0.25, 0.3) is 0 Å². The fraction of sp³-hybridized carbons (Fsp3) is 0.682. The number of para-hydroxylation sites is 1. The molecule has 0 amide bonds. The Labute approximate surface area is 203 Å². The molecule has 3 aliphatic rings. The van der Waals surface area contributed by atoms with Gasteiger partial charge in [-0.3, -0.25) is 4.99 Å². The number of hydrogen-bond donors (Lipinski definition) is 2. The van der Waals surface area contributed by atoms with E-state index in [1.807, 2.05) is 13.0 Å². The highest BCUT2D eigenvalue weighted by atomic mass is 127. The van der Waals surface area contributed by atoms with Gasteiger partial charge in [-0.2, -0.15) is 4.31 Å². The molecule has 2 fully saturated rings. The number of sulfonamides is 1. The second-order valence-corrected chi connectivity index (χ2v) is 10.8. The lowest BCUT2D eigenvalue weighted by atomic mass is 9.86. The van der Waals surface area contributed by atoms with Gasteiger partial charge in [0.2, 0.25) is 10.0 Å². The molecule has 1 aromatic carbocycles. The van der Waals surface area contributed by atoms with Crippen LogP contribution >= 0.6 is 24.0 Å². The average molecular weight is 563 g/mol. The monoisotopic (exact) mass is 562 g/mol. The lowest BCUT2D eigenvalue weighted by Gasteiger charge is -2.40. The molecule has 31 heavy (non-hydrogen) atoms. The quantitative estimate of drug-likeness (QED) is 0.327. The van der Waals surface area contributed by atoms with Crippen LogP contribution in [0.1, 0.15) is 63.5 Å². The summed E-state index contributed by atoms with van der Waals surface area (Å²) in [5.41, 5.74) is 1.08. The summed E-state index contributed by atoms with van der Waals surface area (Å²) in [4.78, 5) is 4.79. The lowest BCUT2D eigenvalue weighted by Crippen LogP contribution is -2.47. The standard InChI is InChI=1S/C22H34N4O3S.HI/c1-3-23-21(24-16-17-9-8-14-26(17)30(2,27)28)25-19-15-22(12-6-7-13-22)29-20-11-5-4-10-18(19)20;/h4-5,10-11,17,19H,3,6-9,12-16H2,1-2H3,(H2,23,24,25);1H/t17-,19?;/m1./s1. The van der Waals surface area contributed by atoms with Crippen LogP contribution in [0.5, 0.6) is 5.75 Å². The molecule has 2 N–H and O–H groups in total. The van der Waals surface area contributed by atoms with Crippen molar-refractivity contribution in [2.75, 3.05) is 25.9 Å². The molecule has 1 saturated carbocycles. The van der Waals surface area contributed by atoms with E-state index in [0.717, 1.165) is 50.4 Å². The van der Waals surface area contributed by atoms with Crippen molar-refractivity contribution < 1.29 is 13.2 Å². The summed E-state index contributed by atoms with van der Waals surface area (Å²) in [6.45, 7) is 3.87. The minimum Gasteiger partial charge on any atom is -0.487 e. The van der Waals surface area contributed by atoms with Gasteiger partial charge < -0.3 is 15.4 Å². The Kier molecular flexibility index (Phi) is 8.12. The maximum Gasteiger partial charge on any atom is 0.211 e. The van der Waals surface area contributed by atoms with E-state index >= 15 is 0 Å². The number of hydrogen-bond acceptors (Lipinski definition) is 4. The third kappa shape index (κ3) is 5.65. The van der Waals surface area contributed by atoms with Gasteiger partial charge in [-0.1, -0.05) is 18.2 Å². The van der Waals surface area contributed by atoms with Crippen molar-refractivity contribution in [3.8, 4) is 5.75 Å². The molecule has 4 rings (SSSR count). The van der Waals surface area contributed by atoms with Crippen LogP contribution in [-0.2, 0) is 10.0 Å². The second-order valence-electron chi connectivity index (χ2n) is 8.82. The summed E-state index contributed by atoms with van der Waals surface area (Å²) in [5, 5.41) is 6.98. The predicted octanol–water partition coefficient (Wildman–Crippen LogP) is 3.42. The van der Waals surface area contributed by atoms with Gasteiger partial charge in [0.25, 0.3) is 0 Å². The molecule has 2 atom stereocenters. The molecule has 1 unspecified atom stereocenters. The fourth-order valence-electron chi connectivity index (χ4n) is 5.18. The maximum absolute atomic E-state index is 12.0. The summed E-state index contributed by atoms with van der Waals surface area (Å²) in [7, 11) is -3.19. The van der Waals surface area contributed by atoms with Crippen molar-refractivity contribution in [2.24, 2.45) is 4.99 Å². The molecule has 1 spiro atoms. The smallest absolute Gasteiger partial charge is 0.211 e. The molecular weight excluding hydrogens is 527 g/mol. The first-order valence-electron chi connectivity index (χ1n) is 11.2. The molecule has 0 aromatic heterocycles. The third-order valence-corrected chi connectivity index (χ3v) is 7.91. The van der Waals surface area contributed by atoms with E-state index in [1.165, 1.54) is 24.7 Å². The number of nitrogens with one attached hydrogen (secondary N) is 2. The molecule has 7 nitrogen and oxygen atoms in total. The van der Waals surface area contributed by atoms with Crippen LogP contribution < -0.4 is 15.4 Å². The van der Waals surface area contributed by atoms with Crippen LogP contribution in [0.15, 0.2) is 29.3 Å². The molecule has 1 aliphatic carbocycles. The average Bonchev–Trinajstić information content (AvgIpc) is 3.36. The van der Waals surface area contributed by atoms with Gasteiger partial charge in [0, 0.05) is 31.1 Å². The first-order valence-corrected chi connectivity index (χ1v) is 13.0. The Morgan fingerprint density at radius 1 is 1.26 bits per heavy atom. The van der Waals surface area contributed by atoms with Gasteiger partial charge in [-0.25, -0.2) is 8.42 Å². The molecule has 0 bridgehead atoms. The number of fused-ring (bicyclic) bond motifs is 1. The van der Waals surface area contributed by atoms with E-state index < -0.39 is 10.0 Å². The predicted molar refractivity (Wildman–Crippen MR) is 135 cm³/mol. The number of rotatable bonds is 5. The van der Waals surface area contributed by atoms with Crippen molar-refractivity contribution in [2.45, 2.75) is 69.6 Å². The van der Waals surface area contributed by atoms with E-state index in [-0.39, 0.29) is 41.7 Å². The number of halogens is 1. The highest BCUT2D eigenvalue weighted by molar-refractivity contribution is 14.0. The molecule has 2 heterocycles. The Morgan fingerprint density at radius 3 is 2.71 bits per heavy atom. The van der Waals surface area contributed by atoms with Crippen molar-refractivity contribution in [3.63, 3.8) is 0 Å². The molecule has 9 heteroatoms. The number of guanidine groups is 1. The summed E-state index contributed by atoms with van der Waals surface area (Å²) < 4.78 is 32.2. The Hall–Kier alpha value is -1.07. The van der Waals surface area contributed by atoms with Crippen LogP contribution in [0.3, 0.4) is 0 Å². The zero-order valence-electron chi connectivity index (χ0n) is 18.5. The summed E-state index contributed by atoms with van der Waals surface area (Å²) in [5.74, 6) is 1.71. The molecule has 1 saturated heterocycles. The van der Waals surface area contributed by atoms with Gasteiger partial charge in [0.15, 0.2) is 5.96 Å². The van der Waals surface area contributed by atoms with Gasteiger partial charge in [0.05, 0.1) is 18.8 Å². The molecule has 1 aromatic rings. The van der Waals surface area contributed by atoms with Crippen LogP contribution in [0.2, 0.25) is 0 Å². The maximum atomic E-state index is 12.0. The largest absolute Gasteiger partial charge is 0.487 e. The fourth-order valence-corrected chi connectivity index (χ4v) is 6.36. The van der Waals surface area contributed by atoms with Gasteiger partial charge in [-0.15, -0.1) is 24.0 Å². The van der Waals surface area contributed by atoms with Gasteiger partial charge in [0.1, 0.15) is 11.4 Å². The zero-order chi connectivity index (χ0) is 21.2. The minimum absolute atomic E-state index is 0. The van der Waals surface area contributed by atoms with Crippen LogP contribution in [-0.4, -0.2) is 56.2 Å². The topological polar surface area (TPSA) is 83.0 Å². The Balaban J connectivity index is 0.00000272. The SMILES string of the molecule is CCNC(=NC[C@H]1CCCN1S(C)(=O)=O)NC1CC2(CCCC2)Oc2ccccc21.I. The second kappa shape index (κ2) is 10.2. The van der Waals surface area contributed by atoms with Crippen LogP contribution in [0.4, 0.5) is 0 Å². The molecule has 2 aliphatic heterocycles. The number of ether oxygens (including phenoxy) is 1. The van der Waals surface area contributed by atoms with Crippen molar-refractivity contribution in [1.82, 2.24) is 14.9 Å². The minimum atomic E-state index is -3.19. The Bertz CT molecular complexity index is 886.